The standard InChI is InChI=1S/C13H16N2/c1-3-7-14-10-11-4-5-13-12(9-11)6-8-15(13)2/h1,4-5,9,14H,6-8,10H2,2H3. The molecule has 1 aromatic rings. The van der Waals surface area contributed by atoms with E-state index in [1.165, 1.54) is 16.8 Å². The second-order valence-electron chi connectivity index (χ2n) is 3.94. The largest absolute Gasteiger partial charge is 0.374 e. The normalized spacial score (nSPS) is 13.7. The zero-order chi connectivity index (χ0) is 10.7. The van der Waals surface area contributed by atoms with E-state index in [9.17, 15) is 0 Å². The van der Waals surface area contributed by atoms with Crippen LogP contribution in [0.3, 0.4) is 0 Å². The molecule has 0 aliphatic carbocycles. The van der Waals surface area contributed by atoms with Crippen molar-refractivity contribution in [3.63, 3.8) is 0 Å². The van der Waals surface area contributed by atoms with Gasteiger partial charge in [-0.3, -0.25) is 0 Å². The monoisotopic (exact) mass is 200 g/mol. The minimum absolute atomic E-state index is 0.636. The Morgan fingerprint density at radius 1 is 1.53 bits per heavy atom. The van der Waals surface area contributed by atoms with Crippen molar-refractivity contribution in [1.29, 1.82) is 0 Å². The first-order valence-corrected chi connectivity index (χ1v) is 5.28. The molecule has 2 nitrogen and oxygen atoms in total. The van der Waals surface area contributed by atoms with Crippen LogP contribution in [0.4, 0.5) is 5.69 Å². The summed E-state index contributed by atoms with van der Waals surface area (Å²) >= 11 is 0. The number of anilines is 1. The molecule has 1 heterocycles. The van der Waals surface area contributed by atoms with Gasteiger partial charge >= 0.3 is 0 Å². The molecule has 2 heteroatoms. The Hall–Kier alpha value is -1.46. The van der Waals surface area contributed by atoms with Gasteiger partial charge in [-0.2, -0.15) is 0 Å². The first kappa shape index (κ1) is 10.1. The van der Waals surface area contributed by atoms with E-state index in [1.807, 2.05) is 0 Å². The molecule has 0 amide bonds. The molecule has 0 unspecified atom stereocenters. The van der Waals surface area contributed by atoms with Crippen LogP contribution in [0.15, 0.2) is 18.2 Å². The predicted molar refractivity (Wildman–Crippen MR) is 64.0 cm³/mol. The van der Waals surface area contributed by atoms with Gasteiger partial charge in [0.15, 0.2) is 0 Å². The van der Waals surface area contributed by atoms with Crippen molar-refractivity contribution in [3.05, 3.63) is 29.3 Å². The van der Waals surface area contributed by atoms with E-state index in [4.69, 9.17) is 6.42 Å². The number of hydrogen-bond donors (Lipinski definition) is 1. The molecule has 1 N–H and O–H groups in total. The van der Waals surface area contributed by atoms with Gasteiger partial charge in [0.1, 0.15) is 0 Å². The van der Waals surface area contributed by atoms with Crippen LogP contribution in [-0.4, -0.2) is 20.1 Å². The summed E-state index contributed by atoms with van der Waals surface area (Å²) in [6.45, 7) is 2.63. The van der Waals surface area contributed by atoms with Crippen molar-refractivity contribution in [2.75, 3.05) is 25.0 Å². The van der Waals surface area contributed by atoms with Gasteiger partial charge < -0.3 is 10.2 Å². The molecular formula is C13H16N2. The van der Waals surface area contributed by atoms with Crippen LogP contribution >= 0.6 is 0 Å². The SMILES string of the molecule is C#CCNCc1ccc2c(c1)CCN2C. The molecule has 0 spiro atoms. The van der Waals surface area contributed by atoms with Crippen molar-refractivity contribution < 1.29 is 0 Å². The van der Waals surface area contributed by atoms with E-state index < -0.39 is 0 Å². The van der Waals surface area contributed by atoms with Crippen molar-refractivity contribution >= 4 is 5.69 Å². The zero-order valence-electron chi connectivity index (χ0n) is 9.09. The molecule has 0 saturated carbocycles. The van der Waals surface area contributed by atoms with Crippen molar-refractivity contribution in [3.8, 4) is 12.3 Å². The van der Waals surface area contributed by atoms with Gasteiger partial charge in [-0.05, 0) is 23.6 Å². The van der Waals surface area contributed by atoms with Gasteiger partial charge in [0, 0.05) is 25.8 Å². The van der Waals surface area contributed by atoms with Gasteiger partial charge in [-0.25, -0.2) is 0 Å². The third kappa shape index (κ3) is 2.14. The summed E-state index contributed by atoms with van der Waals surface area (Å²) in [5.41, 5.74) is 4.15. The smallest absolute Gasteiger partial charge is 0.0576 e. The van der Waals surface area contributed by atoms with Crippen LogP contribution < -0.4 is 10.2 Å². The van der Waals surface area contributed by atoms with E-state index >= 15 is 0 Å². The van der Waals surface area contributed by atoms with Gasteiger partial charge in [0.25, 0.3) is 0 Å². The van der Waals surface area contributed by atoms with Crippen molar-refractivity contribution in [2.24, 2.45) is 0 Å². The average molecular weight is 200 g/mol. The maximum absolute atomic E-state index is 5.18. The third-order valence-electron chi connectivity index (χ3n) is 2.83. The highest BCUT2D eigenvalue weighted by atomic mass is 15.1. The number of likely N-dealkylation sites (N-methyl/N-ethyl adjacent to an activating group) is 1. The fourth-order valence-electron chi connectivity index (χ4n) is 2.01. The van der Waals surface area contributed by atoms with Crippen LogP contribution in [0.1, 0.15) is 11.1 Å². The molecule has 15 heavy (non-hydrogen) atoms. The van der Waals surface area contributed by atoms with Crippen molar-refractivity contribution in [2.45, 2.75) is 13.0 Å². The third-order valence-corrected chi connectivity index (χ3v) is 2.83. The van der Waals surface area contributed by atoms with Crippen LogP contribution in [0.2, 0.25) is 0 Å². The summed E-state index contributed by atoms with van der Waals surface area (Å²) in [6.07, 6.45) is 6.34. The minimum atomic E-state index is 0.636. The highest BCUT2D eigenvalue weighted by Crippen LogP contribution is 2.27. The lowest BCUT2D eigenvalue weighted by Gasteiger charge is -2.12. The lowest BCUT2D eigenvalue weighted by Crippen LogP contribution is -2.13. The van der Waals surface area contributed by atoms with Gasteiger partial charge in [0.05, 0.1) is 6.54 Å². The number of benzene rings is 1. The highest BCUT2D eigenvalue weighted by Gasteiger charge is 2.14. The van der Waals surface area contributed by atoms with E-state index in [0.29, 0.717) is 6.54 Å². The second kappa shape index (κ2) is 4.37. The Bertz CT molecular complexity index is 390. The van der Waals surface area contributed by atoms with Crippen LogP contribution in [0.5, 0.6) is 0 Å². The van der Waals surface area contributed by atoms with Gasteiger partial charge in [0.2, 0.25) is 0 Å². The molecule has 78 valence electrons. The summed E-state index contributed by atoms with van der Waals surface area (Å²) in [4.78, 5) is 2.30. The molecule has 1 aliphatic rings. The molecule has 0 saturated heterocycles. The summed E-state index contributed by atoms with van der Waals surface area (Å²) in [7, 11) is 2.14. The van der Waals surface area contributed by atoms with E-state index in [1.54, 1.807) is 0 Å². The predicted octanol–water partition coefficient (Wildman–Crippen LogP) is 1.40. The second-order valence-corrected chi connectivity index (χ2v) is 3.94. The maximum atomic E-state index is 5.18. The summed E-state index contributed by atoms with van der Waals surface area (Å²) in [6, 6.07) is 6.65. The lowest BCUT2D eigenvalue weighted by molar-refractivity contribution is 0.769. The highest BCUT2D eigenvalue weighted by molar-refractivity contribution is 5.58. The average Bonchev–Trinajstić information content (AvgIpc) is 2.61. The molecule has 0 atom stereocenters. The topological polar surface area (TPSA) is 15.3 Å². The number of nitrogens with zero attached hydrogens (tertiary/aromatic N) is 1. The number of hydrogen-bond acceptors (Lipinski definition) is 2. The van der Waals surface area contributed by atoms with E-state index in [0.717, 1.165) is 19.5 Å². The molecule has 0 bridgehead atoms. The number of rotatable bonds is 3. The quantitative estimate of drug-likeness (QED) is 0.586. The van der Waals surface area contributed by atoms with Gasteiger partial charge in [-0.15, -0.1) is 6.42 Å². The molecule has 0 radical (unpaired) electrons. The molecule has 1 aromatic carbocycles. The van der Waals surface area contributed by atoms with Crippen LogP contribution in [0.25, 0.3) is 0 Å². The molecule has 0 aromatic heterocycles. The molecule has 0 fully saturated rings. The Kier molecular flexibility index (Phi) is 2.94. The fourth-order valence-corrected chi connectivity index (χ4v) is 2.01. The first-order chi connectivity index (χ1) is 7.31. The van der Waals surface area contributed by atoms with Crippen LogP contribution in [0, 0.1) is 12.3 Å². The Labute approximate surface area is 91.3 Å². The zero-order valence-corrected chi connectivity index (χ0v) is 9.09. The first-order valence-electron chi connectivity index (χ1n) is 5.28. The Balaban J connectivity index is 2.07. The van der Waals surface area contributed by atoms with Gasteiger partial charge in [-0.1, -0.05) is 18.1 Å². The lowest BCUT2D eigenvalue weighted by atomic mass is 10.1. The molecule has 1 aliphatic heterocycles. The summed E-state index contributed by atoms with van der Waals surface area (Å²) < 4.78 is 0. The number of fused-ring (bicyclic) bond motifs is 1. The van der Waals surface area contributed by atoms with Crippen molar-refractivity contribution in [1.82, 2.24) is 5.32 Å². The van der Waals surface area contributed by atoms with E-state index in [-0.39, 0.29) is 0 Å². The number of nitrogens with one attached hydrogen (secondary N) is 1. The molecular weight excluding hydrogens is 184 g/mol. The Morgan fingerprint density at radius 2 is 2.40 bits per heavy atom. The fraction of sp³-hybridized carbons (Fsp3) is 0.385. The molecule has 2 rings (SSSR count). The van der Waals surface area contributed by atoms with E-state index in [2.05, 4.69) is 41.4 Å². The Morgan fingerprint density at radius 3 is 3.20 bits per heavy atom. The summed E-state index contributed by atoms with van der Waals surface area (Å²) in [5.74, 6) is 2.58. The number of terminal acetylenes is 1. The van der Waals surface area contributed by atoms with Crippen LogP contribution in [-0.2, 0) is 13.0 Å². The minimum Gasteiger partial charge on any atom is -0.374 e. The maximum Gasteiger partial charge on any atom is 0.0576 e. The summed E-state index contributed by atoms with van der Waals surface area (Å²) in [5, 5.41) is 3.20.